The number of esters is 2. The Morgan fingerprint density at radius 2 is 0.854 bits per heavy atom. The third kappa shape index (κ3) is 4.59. The lowest BCUT2D eigenvalue weighted by atomic mass is 9.98. The summed E-state index contributed by atoms with van der Waals surface area (Å²) in [5.74, 6) is -0.836. The first-order chi connectivity index (χ1) is 23.5. The summed E-state index contributed by atoms with van der Waals surface area (Å²) in [5.41, 5.74) is 6.63. The minimum atomic E-state index is -0.632. The molecule has 7 rings (SSSR count). The Morgan fingerprint density at radius 3 is 1.21 bits per heavy atom. The molecule has 0 atom stereocenters. The second-order valence-corrected chi connectivity index (χ2v) is 10.7. The smallest absolute Gasteiger partial charge is 0.344 e. The molecule has 2 aliphatic rings. The molecule has 48 heavy (non-hydrogen) atoms. The highest BCUT2D eigenvalue weighted by Gasteiger charge is 2.32. The predicted molar refractivity (Wildman–Crippen MR) is 177 cm³/mol. The van der Waals surface area contributed by atoms with Crippen LogP contribution in [0.4, 0.5) is 0 Å². The Balaban J connectivity index is 1.15. The Hall–Kier alpha value is -7.52. The normalized spacial score (nSPS) is 13.6. The van der Waals surface area contributed by atoms with E-state index in [9.17, 15) is 20.1 Å². The number of fused-ring (bicyclic) bond motifs is 6. The van der Waals surface area contributed by atoms with Crippen molar-refractivity contribution in [1.82, 2.24) is 0 Å². The van der Waals surface area contributed by atoms with Gasteiger partial charge < -0.3 is 9.47 Å². The molecular weight excluding hydrogens is 600 g/mol. The van der Waals surface area contributed by atoms with Crippen LogP contribution in [-0.2, 0) is 0 Å². The highest BCUT2D eigenvalue weighted by atomic mass is 16.5. The van der Waals surface area contributed by atoms with Crippen LogP contribution in [0.5, 0.6) is 11.5 Å². The van der Waals surface area contributed by atoms with Crippen LogP contribution in [0.2, 0.25) is 0 Å². The summed E-state index contributed by atoms with van der Waals surface area (Å²) in [6, 6.07) is 34.8. The van der Waals surface area contributed by atoms with Crippen molar-refractivity contribution in [2.24, 2.45) is 0 Å². The molecular formula is C40H18N4O4. The molecule has 0 unspecified atom stereocenters. The Kier molecular flexibility index (Phi) is 7.16. The maximum atomic E-state index is 13.5. The van der Waals surface area contributed by atoms with Crippen molar-refractivity contribution in [3.8, 4) is 45.9 Å². The van der Waals surface area contributed by atoms with Crippen molar-refractivity contribution in [3.05, 3.63) is 177 Å². The molecule has 0 saturated carbocycles. The van der Waals surface area contributed by atoms with Crippen LogP contribution in [0.25, 0.3) is 43.1 Å². The van der Waals surface area contributed by atoms with Gasteiger partial charge in [0.05, 0.1) is 36.4 Å². The zero-order chi connectivity index (χ0) is 33.4. The predicted octanol–water partition coefficient (Wildman–Crippen LogP) is 8.49. The van der Waals surface area contributed by atoms with Gasteiger partial charge in [0, 0.05) is 22.3 Å². The summed E-state index contributed by atoms with van der Waals surface area (Å²) < 4.78 is 11.4. The summed E-state index contributed by atoms with van der Waals surface area (Å²) in [6.45, 7) is 15.0. The minimum absolute atomic E-state index is 0.0614. The summed E-state index contributed by atoms with van der Waals surface area (Å²) >= 11 is 0. The molecule has 5 aromatic rings. The Labute approximate surface area is 274 Å². The molecule has 0 aliphatic heterocycles. The highest BCUT2D eigenvalue weighted by Crippen LogP contribution is 2.49. The molecule has 0 bridgehead atoms. The largest absolute Gasteiger partial charge is 0.423 e. The summed E-state index contributed by atoms with van der Waals surface area (Å²) in [7, 11) is 0. The number of benzene rings is 5. The zero-order valence-corrected chi connectivity index (χ0v) is 24.8. The first-order valence-electron chi connectivity index (χ1n) is 14.5. The topological polar surface area (TPSA) is 109 Å². The molecule has 0 radical (unpaired) electrons. The molecule has 0 N–H and O–H groups in total. The van der Waals surface area contributed by atoms with E-state index in [1.807, 2.05) is 60.7 Å². The second kappa shape index (κ2) is 11.8. The minimum Gasteiger partial charge on any atom is -0.423 e. The van der Waals surface area contributed by atoms with Crippen molar-refractivity contribution < 1.29 is 19.1 Å². The van der Waals surface area contributed by atoms with Gasteiger partial charge in [0.2, 0.25) is 0 Å². The van der Waals surface area contributed by atoms with Crippen LogP contribution < -0.4 is 9.47 Å². The lowest BCUT2D eigenvalue weighted by Gasteiger charge is -2.11. The fourth-order valence-corrected chi connectivity index (χ4v) is 6.25. The van der Waals surface area contributed by atoms with Crippen molar-refractivity contribution in [2.45, 2.75) is 0 Å². The van der Waals surface area contributed by atoms with Gasteiger partial charge in [-0.25, -0.2) is 29.8 Å². The summed E-state index contributed by atoms with van der Waals surface area (Å²) in [6.07, 6.45) is 0. The number of carbonyl (C=O) groups is 2. The lowest BCUT2D eigenvalue weighted by molar-refractivity contribution is 0.0720. The molecule has 0 saturated heterocycles. The standard InChI is InChI=1S/C40H18N4O4/c1-43-33(21-41)37-27-11-5-3-9-25(27)35-29(37)13-7-15-31(35)39(45)47-23-17-19-24(20-18-23)48-40(46)32-16-8-14-30-36(32)26-10-4-6-12-28(26)38(30)34(22-42)44-2/h3-20H. The van der Waals surface area contributed by atoms with Gasteiger partial charge >= 0.3 is 11.9 Å². The fourth-order valence-electron chi connectivity index (χ4n) is 6.25. The number of nitriles is 2. The van der Waals surface area contributed by atoms with Crippen molar-refractivity contribution in [2.75, 3.05) is 0 Å². The first-order valence-corrected chi connectivity index (χ1v) is 14.5. The maximum absolute atomic E-state index is 13.5. The van der Waals surface area contributed by atoms with E-state index in [0.717, 1.165) is 11.1 Å². The van der Waals surface area contributed by atoms with Crippen LogP contribution in [0.15, 0.2) is 121 Å². The van der Waals surface area contributed by atoms with E-state index in [1.54, 1.807) is 36.4 Å². The van der Waals surface area contributed by atoms with E-state index >= 15 is 0 Å². The van der Waals surface area contributed by atoms with Gasteiger partial charge in [0.1, 0.15) is 11.5 Å². The number of rotatable bonds is 4. The van der Waals surface area contributed by atoms with Gasteiger partial charge in [0.15, 0.2) is 0 Å². The fraction of sp³-hybridized carbons (Fsp3) is 0. The van der Waals surface area contributed by atoms with Crippen LogP contribution in [0, 0.1) is 35.8 Å². The molecule has 8 heteroatoms. The van der Waals surface area contributed by atoms with Crippen LogP contribution in [-0.4, -0.2) is 11.9 Å². The third-order valence-electron chi connectivity index (χ3n) is 8.19. The second-order valence-electron chi connectivity index (χ2n) is 10.7. The van der Waals surface area contributed by atoms with Crippen molar-refractivity contribution in [1.29, 1.82) is 10.5 Å². The first kappa shape index (κ1) is 29.2. The van der Waals surface area contributed by atoms with Gasteiger partial charge in [-0.05, 0) is 69.8 Å². The molecule has 222 valence electrons. The van der Waals surface area contributed by atoms with Crippen molar-refractivity contribution in [3.63, 3.8) is 0 Å². The van der Waals surface area contributed by atoms with E-state index in [2.05, 4.69) is 9.69 Å². The average Bonchev–Trinajstić information content (AvgIpc) is 3.64. The highest BCUT2D eigenvalue weighted by molar-refractivity contribution is 6.12. The Morgan fingerprint density at radius 1 is 0.500 bits per heavy atom. The number of carbonyl (C=O) groups excluding carboxylic acids is 2. The van der Waals surface area contributed by atoms with Gasteiger partial charge in [-0.1, -0.05) is 72.8 Å². The van der Waals surface area contributed by atoms with Gasteiger partial charge in [0.25, 0.3) is 11.4 Å². The van der Waals surface area contributed by atoms with Crippen LogP contribution in [0.3, 0.4) is 0 Å². The zero-order valence-electron chi connectivity index (χ0n) is 24.8. The number of hydrogen-bond acceptors (Lipinski definition) is 6. The van der Waals surface area contributed by atoms with E-state index < -0.39 is 11.9 Å². The molecule has 2 aliphatic carbocycles. The van der Waals surface area contributed by atoms with E-state index in [-0.39, 0.29) is 34.0 Å². The summed E-state index contributed by atoms with van der Waals surface area (Å²) in [4.78, 5) is 33.8. The molecule has 0 amide bonds. The molecule has 0 fully saturated rings. The molecule has 8 nitrogen and oxygen atoms in total. The van der Waals surface area contributed by atoms with Crippen molar-refractivity contribution >= 4 is 23.1 Å². The summed E-state index contributed by atoms with van der Waals surface area (Å²) in [5, 5.41) is 19.2. The van der Waals surface area contributed by atoms with Gasteiger partial charge in [-0.3, -0.25) is 0 Å². The average molecular weight is 619 g/mol. The Bertz CT molecular complexity index is 2270. The molecule has 5 aromatic carbocycles. The monoisotopic (exact) mass is 618 g/mol. The number of ether oxygens (including phenoxy) is 2. The van der Waals surface area contributed by atoms with Gasteiger partial charge in [-0.15, -0.1) is 0 Å². The molecule has 0 heterocycles. The number of allylic oxidation sites excluding steroid dienone is 2. The SMILES string of the molecule is [C-]#[N+]C(C#N)=C1c2ccccc2-c2c(C(=O)Oc3ccc(OC(=O)c4cccc5c4-c4ccccc4C5=C(C#N)[N+]#[C-])cc3)cccc21. The van der Waals surface area contributed by atoms with Crippen LogP contribution >= 0.6 is 0 Å². The third-order valence-corrected chi connectivity index (χ3v) is 8.19. The number of hydrogen-bond donors (Lipinski definition) is 0. The van der Waals surface area contributed by atoms with Gasteiger partial charge in [-0.2, -0.15) is 0 Å². The van der Waals surface area contributed by atoms with Crippen LogP contribution in [0.1, 0.15) is 43.0 Å². The van der Waals surface area contributed by atoms with E-state index in [0.29, 0.717) is 44.5 Å². The lowest BCUT2D eigenvalue weighted by Crippen LogP contribution is -2.11. The molecule has 0 spiro atoms. The van der Waals surface area contributed by atoms with E-state index in [4.69, 9.17) is 22.6 Å². The van der Waals surface area contributed by atoms with E-state index in [1.165, 1.54) is 24.3 Å². The maximum Gasteiger partial charge on any atom is 0.344 e. The molecule has 0 aromatic heterocycles. The quantitative estimate of drug-likeness (QED) is 0.0847. The number of nitrogens with zero attached hydrogens (tertiary/aromatic N) is 4.